The molecule has 0 amide bonds. The van der Waals surface area contributed by atoms with E-state index in [1.165, 1.54) is 5.56 Å². The fourth-order valence-corrected chi connectivity index (χ4v) is 1.50. The van der Waals surface area contributed by atoms with Crippen LogP contribution in [0.5, 0.6) is 5.75 Å². The van der Waals surface area contributed by atoms with Crippen LogP contribution in [0.1, 0.15) is 26.3 Å². The van der Waals surface area contributed by atoms with Gasteiger partial charge in [0.2, 0.25) is 0 Å². The van der Waals surface area contributed by atoms with Gasteiger partial charge in [-0.25, -0.2) is 0 Å². The molecule has 1 rings (SSSR count). The largest absolute Gasteiger partial charge is 0.493 e. The minimum Gasteiger partial charge on any atom is -0.493 e. The Labute approximate surface area is 99.0 Å². The van der Waals surface area contributed by atoms with E-state index in [-0.39, 0.29) is 5.41 Å². The third-order valence-corrected chi connectivity index (χ3v) is 2.47. The number of nitrogens with one attached hydrogen (secondary N) is 1. The van der Waals surface area contributed by atoms with Crippen molar-refractivity contribution < 1.29 is 4.74 Å². The summed E-state index contributed by atoms with van der Waals surface area (Å²) in [6.07, 6.45) is 0. The van der Waals surface area contributed by atoms with Gasteiger partial charge in [0.05, 0.1) is 6.61 Å². The van der Waals surface area contributed by atoms with Crippen molar-refractivity contribution >= 4 is 0 Å². The summed E-state index contributed by atoms with van der Waals surface area (Å²) >= 11 is 0. The third-order valence-electron chi connectivity index (χ3n) is 2.47. The van der Waals surface area contributed by atoms with Gasteiger partial charge in [0, 0.05) is 12.0 Å². The summed E-state index contributed by atoms with van der Waals surface area (Å²) < 4.78 is 5.81. The topological polar surface area (TPSA) is 21.3 Å². The zero-order chi connectivity index (χ0) is 12.0. The van der Waals surface area contributed by atoms with Crippen LogP contribution in [0, 0.1) is 12.3 Å². The van der Waals surface area contributed by atoms with E-state index in [0.717, 1.165) is 25.4 Å². The fourth-order valence-electron chi connectivity index (χ4n) is 1.50. The van der Waals surface area contributed by atoms with E-state index in [4.69, 9.17) is 4.74 Å². The third kappa shape index (κ3) is 4.67. The maximum absolute atomic E-state index is 5.81. The average Bonchev–Trinajstić information content (AvgIpc) is 2.24. The predicted molar refractivity (Wildman–Crippen MR) is 69.0 cm³/mol. The highest BCUT2D eigenvalue weighted by molar-refractivity contribution is 5.27. The van der Waals surface area contributed by atoms with E-state index in [9.17, 15) is 0 Å². The van der Waals surface area contributed by atoms with Crippen LogP contribution in [-0.2, 0) is 0 Å². The number of rotatable bonds is 6. The smallest absolute Gasteiger partial charge is 0.119 e. The molecule has 0 aromatic heterocycles. The summed E-state index contributed by atoms with van der Waals surface area (Å²) in [4.78, 5) is 0. The lowest BCUT2D eigenvalue weighted by Crippen LogP contribution is -2.34. The molecule has 0 fully saturated rings. The highest BCUT2D eigenvalue weighted by Gasteiger charge is 2.18. The predicted octanol–water partition coefficient (Wildman–Crippen LogP) is 3.01. The van der Waals surface area contributed by atoms with Crippen molar-refractivity contribution in [3.05, 3.63) is 29.8 Å². The molecule has 0 spiro atoms. The molecule has 2 nitrogen and oxygen atoms in total. The van der Waals surface area contributed by atoms with Crippen molar-refractivity contribution in [1.82, 2.24) is 5.32 Å². The molecular formula is C14H23NO. The van der Waals surface area contributed by atoms with Gasteiger partial charge in [-0.3, -0.25) is 0 Å². The Morgan fingerprint density at radius 1 is 1.31 bits per heavy atom. The average molecular weight is 221 g/mol. The van der Waals surface area contributed by atoms with Crippen LogP contribution < -0.4 is 10.1 Å². The molecule has 0 aliphatic carbocycles. The fraction of sp³-hybridized carbons (Fsp3) is 0.571. The van der Waals surface area contributed by atoms with Gasteiger partial charge in [0.25, 0.3) is 0 Å². The summed E-state index contributed by atoms with van der Waals surface area (Å²) in [6.45, 7) is 11.4. The normalized spacial score (nSPS) is 11.5. The van der Waals surface area contributed by atoms with Gasteiger partial charge >= 0.3 is 0 Å². The Morgan fingerprint density at radius 3 is 2.69 bits per heavy atom. The molecule has 1 aromatic rings. The molecule has 0 saturated heterocycles. The second kappa shape index (κ2) is 5.90. The molecule has 16 heavy (non-hydrogen) atoms. The standard InChI is InChI=1S/C14H23NO/c1-5-15-10-14(3,4)11-16-13-8-6-7-12(2)9-13/h6-9,15H,5,10-11H2,1-4H3. The maximum Gasteiger partial charge on any atom is 0.119 e. The van der Waals surface area contributed by atoms with Crippen LogP contribution in [0.15, 0.2) is 24.3 Å². The molecular weight excluding hydrogens is 198 g/mol. The molecule has 1 N–H and O–H groups in total. The summed E-state index contributed by atoms with van der Waals surface area (Å²) in [5.74, 6) is 0.963. The first-order valence-electron chi connectivity index (χ1n) is 5.94. The first-order valence-corrected chi connectivity index (χ1v) is 5.94. The van der Waals surface area contributed by atoms with Crippen LogP contribution in [0.25, 0.3) is 0 Å². The summed E-state index contributed by atoms with van der Waals surface area (Å²) in [7, 11) is 0. The number of hydrogen-bond donors (Lipinski definition) is 1. The van der Waals surface area contributed by atoms with Crippen LogP contribution >= 0.6 is 0 Å². The lowest BCUT2D eigenvalue weighted by Gasteiger charge is -2.25. The van der Waals surface area contributed by atoms with Crippen LogP contribution in [-0.4, -0.2) is 19.7 Å². The van der Waals surface area contributed by atoms with Crippen molar-refractivity contribution in [2.24, 2.45) is 5.41 Å². The molecule has 2 heteroatoms. The molecule has 0 atom stereocenters. The first-order chi connectivity index (χ1) is 7.53. The lowest BCUT2D eigenvalue weighted by atomic mass is 9.95. The molecule has 0 unspecified atom stereocenters. The van der Waals surface area contributed by atoms with Gasteiger partial charge in [0.15, 0.2) is 0 Å². The molecule has 0 radical (unpaired) electrons. The van der Waals surface area contributed by atoms with Gasteiger partial charge in [-0.15, -0.1) is 0 Å². The molecule has 0 aliphatic heterocycles. The van der Waals surface area contributed by atoms with E-state index < -0.39 is 0 Å². The van der Waals surface area contributed by atoms with E-state index in [1.54, 1.807) is 0 Å². The first kappa shape index (κ1) is 13.0. The summed E-state index contributed by atoms with van der Waals surface area (Å²) in [5, 5.41) is 3.36. The van der Waals surface area contributed by atoms with Crippen LogP contribution in [0.2, 0.25) is 0 Å². The minimum atomic E-state index is 0.166. The molecule has 0 saturated carbocycles. The van der Waals surface area contributed by atoms with Crippen molar-refractivity contribution in [3.63, 3.8) is 0 Å². The maximum atomic E-state index is 5.81. The number of aryl methyl sites for hydroxylation is 1. The van der Waals surface area contributed by atoms with E-state index in [2.05, 4.69) is 45.1 Å². The van der Waals surface area contributed by atoms with E-state index in [1.807, 2.05) is 12.1 Å². The molecule has 0 aliphatic rings. The molecule has 90 valence electrons. The Hall–Kier alpha value is -1.02. The highest BCUT2D eigenvalue weighted by Crippen LogP contribution is 2.18. The Morgan fingerprint density at radius 2 is 2.06 bits per heavy atom. The van der Waals surface area contributed by atoms with Crippen molar-refractivity contribution in [2.45, 2.75) is 27.7 Å². The van der Waals surface area contributed by atoms with Gasteiger partial charge in [-0.1, -0.05) is 32.9 Å². The Balaban J connectivity index is 2.44. The SMILES string of the molecule is CCNCC(C)(C)COc1cccc(C)c1. The van der Waals surface area contributed by atoms with E-state index >= 15 is 0 Å². The van der Waals surface area contributed by atoms with Gasteiger partial charge in [-0.05, 0) is 31.2 Å². The zero-order valence-electron chi connectivity index (χ0n) is 10.8. The summed E-state index contributed by atoms with van der Waals surface area (Å²) in [5.41, 5.74) is 1.40. The zero-order valence-corrected chi connectivity index (χ0v) is 10.8. The Kier molecular flexibility index (Phi) is 4.81. The number of ether oxygens (including phenoxy) is 1. The van der Waals surface area contributed by atoms with Gasteiger partial charge in [-0.2, -0.15) is 0 Å². The summed E-state index contributed by atoms with van der Waals surface area (Å²) in [6, 6.07) is 8.19. The second-order valence-corrected chi connectivity index (χ2v) is 5.05. The van der Waals surface area contributed by atoms with Crippen LogP contribution in [0.3, 0.4) is 0 Å². The molecule has 1 aromatic carbocycles. The van der Waals surface area contributed by atoms with Gasteiger partial charge in [0.1, 0.15) is 5.75 Å². The van der Waals surface area contributed by atoms with E-state index in [0.29, 0.717) is 0 Å². The van der Waals surface area contributed by atoms with Crippen molar-refractivity contribution in [3.8, 4) is 5.75 Å². The second-order valence-electron chi connectivity index (χ2n) is 5.05. The lowest BCUT2D eigenvalue weighted by molar-refractivity contribution is 0.177. The number of hydrogen-bond acceptors (Lipinski definition) is 2. The quantitative estimate of drug-likeness (QED) is 0.797. The number of benzene rings is 1. The van der Waals surface area contributed by atoms with Gasteiger partial charge < -0.3 is 10.1 Å². The monoisotopic (exact) mass is 221 g/mol. The highest BCUT2D eigenvalue weighted by atomic mass is 16.5. The van der Waals surface area contributed by atoms with Crippen LogP contribution in [0.4, 0.5) is 0 Å². The molecule has 0 heterocycles. The van der Waals surface area contributed by atoms with Crippen molar-refractivity contribution in [2.75, 3.05) is 19.7 Å². The Bertz CT molecular complexity index is 320. The minimum absolute atomic E-state index is 0.166. The molecule has 0 bridgehead atoms. The van der Waals surface area contributed by atoms with Crippen molar-refractivity contribution in [1.29, 1.82) is 0 Å².